The highest BCUT2D eigenvalue weighted by Gasteiger charge is 2.15. The Hall–Kier alpha value is -1.35. The average Bonchev–Trinajstić information content (AvgIpc) is 2.08. The van der Waals surface area contributed by atoms with E-state index in [-0.39, 0.29) is 0 Å². The first kappa shape index (κ1) is 9.74. The molecule has 1 rings (SSSR count). The number of carboxylic acid groups (broad SMARTS) is 1. The standard InChI is InChI=1S/C10H12O3/c1-6-3-4-8(5-7(6)2)9(11)10(12)13/h3-5,9,11H,1-2H3,(H,12,13). The maximum Gasteiger partial charge on any atom is 0.337 e. The van der Waals surface area contributed by atoms with Crippen molar-refractivity contribution in [2.24, 2.45) is 0 Å². The fraction of sp³-hybridized carbons (Fsp3) is 0.300. The molecule has 0 aliphatic carbocycles. The van der Waals surface area contributed by atoms with Gasteiger partial charge in [0.05, 0.1) is 0 Å². The van der Waals surface area contributed by atoms with E-state index in [4.69, 9.17) is 5.11 Å². The summed E-state index contributed by atoms with van der Waals surface area (Å²) < 4.78 is 0. The first-order valence-electron chi connectivity index (χ1n) is 4.00. The molecule has 0 fully saturated rings. The first-order valence-corrected chi connectivity index (χ1v) is 4.00. The molecule has 70 valence electrons. The van der Waals surface area contributed by atoms with Crippen LogP contribution in [0.4, 0.5) is 0 Å². The first-order chi connectivity index (χ1) is 6.02. The predicted molar refractivity (Wildman–Crippen MR) is 48.5 cm³/mol. The van der Waals surface area contributed by atoms with Gasteiger partial charge in [-0.25, -0.2) is 4.79 Å². The molecule has 0 heterocycles. The van der Waals surface area contributed by atoms with Gasteiger partial charge in [0, 0.05) is 0 Å². The highest BCUT2D eigenvalue weighted by Crippen LogP contribution is 2.16. The van der Waals surface area contributed by atoms with Crippen LogP contribution in [-0.2, 0) is 4.79 Å². The van der Waals surface area contributed by atoms with Crippen LogP contribution in [0.25, 0.3) is 0 Å². The summed E-state index contributed by atoms with van der Waals surface area (Å²) in [6.07, 6.45) is -1.42. The van der Waals surface area contributed by atoms with Gasteiger partial charge in [0.2, 0.25) is 0 Å². The molecule has 0 radical (unpaired) electrons. The van der Waals surface area contributed by atoms with Crippen LogP contribution >= 0.6 is 0 Å². The van der Waals surface area contributed by atoms with Gasteiger partial charge >= 0.3 is 5.97 Å². The number of hydrogen-bond acceptors (Lipinski definition) is 2. The van der Waals surface area contributed by atoms with Crippen molar-refractivity contribution < 1.29 is 15.0 Å². The Labute approximate surface area is 76.6 Å². The summed E-state index contributed by atoms with van der Waals surface area (Å²) in [5.74, 6) is -1.22. The molecule has 3 heteroatoms. The lowest BCUT2D eigenvalue weighted by atomic mass is 10.0. The third-order valence-corrected chi connectivity index (χ3v) is 2.08. The topological polar surface area (TPSA) is 57.5 Å². The lowest BCUT2D eigenvalue weighted by Crippen LogP contribution is -2.10. The van der Waals surface area contributed by atoms with Gasteiger partial charge < -0.3 is 10.2 Å². The minimum absolute atomic E-state index is 0.426. The zero-order valence-electron chi connectivity index (χ0n) is 7.61. The maximum atomic E-state index is 10.4. The largest absolute Gasteiger partial charge is 0.479 e. The molecular formula is C10H12O3. The number of aliphatic carboxylic acids is 1. The second-order valence-electron chi connectivity index (χ2n) is 3.08. The monoisotopic (exact) mass is 180 g/mol. The second-order valence-corrected chi connectivity index (χ2v) is 3.08. The van der Waals surface area contributed by atoms with Gasteiger partial charge in [0.25, 0.3) is 0 Å². The summed E-state index contributed by atoms with van der Waals surface area (Å²) in [6, 6.07) is 5.12. The molecule has 13 heavy (non-hydrogen) atoms. The predicted octanol–water partition coefficient (Wildman–Crippen LogP) is 1.42. The summed E-state index contributed by atoms with van der Waals surface area (Å²) in [5.41, 5.74) is 2.50. The van der Waals surface area contributed by atoms with Crippen LogP contribution in [0, 0.1) is 13.8 Å². The number of rotatable bonds is 2. The Bertz CT molecular complexity index is 331. The molecule has 2 N–H and O–H groups in total. The zero-order chi connectivity index (χ0) is 10.0. The van der Waals surface area contributed by atoms with Crippen LogP contribution in [0.3, 0.4) is 0 Å². The number of aliphatic hydroxyl groups is 1. The Balaban J connectivity index is 3.03. The van der Waals surface area contributed by atoms with Gasteiger partial charge in [-0.1, -0.05) is 18.2 Å². The van der Waals surface area contributed by atoms with Crippen LogP contribution < -0.4 is 0 Å². The van der Waals surface area contributed by atoms with Gasteiger partial charge in [0.1, 0.15) is 0 Å². The third-order valence-electron chi connectivity index (χ3n) is 2.08. The SMILES string of the molecule is Cc1ccc(C(O)C(=O)O)cc1C. The van der Waals surface area contributed by atoms with Crippen molar-refractivity contribution in [1.82, 2.24) is 0 Å². The van der Waals surface area contributed by atoms with E-state index in [0.29, 0.717) is 5.56 Å². The van der Waals surface area contributed by atoms with Gasteiger partial charge in [-0.05, 0) is 30.5 Å². The van der Waals surface area contributed by atoms with Gasteiger partial charge in [-0.3, -0.25) is 0 Å². The van der Waals surface area contributed by atoms with Crippen LogP contribution in [0.5, 0.6) is 0 Å². The van der Waals surface area contributed by atoms with Crippen molar-refractivity contribution in [2.45, 2.75) is 20.0 Å². The normalized spacial score (nSPS) is 12.5. The van der Waals surface area contributed by atoms with E-state index in [9.17, 15) is 9.90 Å². The molecule has 1 atom stereocenters. The highest BCUT2D eigenvalue weighted by molar-refractivity contribution is 5.74. The van der Waals surface area contributed by atoms with E-state index >= 15 is 0 Å². The van der Waals surface area contributed by atoms with Crippen molar-refractivity contribution in [3.8, 4) is 0 Å². The fourth-order valence-corrected chi connectivity index (χ4v) is 1.08. The number of aliphatic hydroxyl groups excluding tert-OH is 1. The average molecular weight is 180 g/mol. The quantitative estimate of drug-likeness (QED) is 0.723. The van der Waals surface area contributed by atoms with E-state index in [1.54, 1.807) is 18.2 Å². The van der Waals surface area contributed by atoms with Gasteiger partial charge in [0.15, 0.2) is 6.10 Å². The molecule has 1 aromatic carbocycles. The van der Waals surface area contributed by atoms with E-state index in [1.165, 1.54) is 0 Å². The number of aryl methyl sites for hydroxylation is 2. The van der Waals surface area contributed by atoms with E-state index in [0.717, 1.165) is 11.1 Å². The lowest BCUT2D eigenvalue weighted by Gasteiger charge is -2.07. The zero-order valence-corrected chi connectivity index (χ0v) is 7.61. The molecule has 1 unspecified atom stereocenters. The fourth-order valence-electron chi connectivity index (χ4n) is 1.08. The van der Waals surface area contributed by atoms with Crippen LogP contribution in [0.1, 0.15) is 22.8 Å². The molecule has 0 aliphatic rings. The Morgan fingerprint density at radius 3 is 2.38 bits per heavy atom. The van der Waals surface area contributed by atoms with Gasteiger partial charge in [-0.2, -0.15) is 0 Å². The molecule has 0 aliphatic heterocycles. The second kappa shape index (κ2) is 3.58. The number of benzene rings is 1. The van der Waals surface area contributed by atoms with E-state index in [1.807, 2.05) is 13.8 Å². The summed E-state index contributed by atoms with van der Waals surface area (Å²) in [5, 5.41) is 17.8. The Morgan fingerprint density at radius 2 is 1.92 bits per heavy atom. The van der Waals surface area contributed by atoms with Crippen molar-refractivity contribution in [3.05, 3.63) is 34.9 Å². The molecular weight excluding hydrogens is 168 g/mol. The molecule has 0 spiro atoms. The third kappa shape index (κ3) is 2.06. The summed E-state index contributed by atoms with van der Waals surface area (Å²) in [7, 11) is 0. The van der Waals surface area contributed by atoms with Crippen LogP contribution in [-0.4, -0.2) is 16.2 Å². The van der Waals surface area contributed by atoms with Crippen molar-refractivity contribution in [2.75, 3.05) is 0 Å². The van der Waals surface area contributed by atoms with Crippen LogP contribution in [0.2, 0.25) is 0 Å². The molecule has 0 saturated heterocycles. The molecule has 1 aromatic rings. The summed E-state index contributed by atoms with van der Waals surface area (Å²) in [6.45, 7) is 3.82. The Morgan fingerprint density at radius 1 is 1.31 bits per heavy atom. The molecule has 0 aromatic heterocycles. The minimum Gasteiger partial charge on any atom is -0.479 e. The van der Waals surface area contributed by atoms with Crippen molar-refractivity contribution in [1.29, 1.82) is 0 Å². The molecule has 0 saturated carbocycles. The maximum absolute atomic E-state index is 10.4. The number of carboxylic acids is 1. The van der Waals surface area contributed by atoms with E-state index in [2.05, 4.69) is 0 Å². The van der Waals surface area contributed by atoms with E-state index < -0.39 is 12.1 Å². The summed E-state index contributed by atoms with van der Waals surface area (Å²) >= 11 is 0. The number of hydrogen-bond donors (Lipinski definition) is 2. The summed E-state index contributed by atoms with van der Waals surface area (Å²) in [4.78, 5) is 10.4. The number of carbonyl (C=O) groups is 1. The minimum atomic E-state index is -1.42. The molecule has 3 nitrogen and oxygen atoms in total. The lowest BCUT2D eigenvalue weighted by molar-refractivity contribution is -0.146. The van der Waals surface area contributed by atoms with Gasteiger partial charge in [-0.15, -0.1) is 0 Å². The van der Waals surface area contributed by atoms with Crippen molar-refractivity contribution in [3.63, 3.8) is 0 Å². The highest BCUT2D eigenvalue weighted by atomic mass is 16.4. The molecule has 0 amide bonds. The van der Waals surface area contributed by atoms with Crippen LogP contribution in [0.15, 0.2) is 18.2 Å². The Kier molecular flexibility index (Phi) is 2.68. The molecule has 0 bridgehead atoms. The smallest absolute Gasteiger partial charge is 0.337 e. The van der Waals surface area contributed by atoms with Crippen molar-refractivity contribution >= 4 is 5.97 Å².